The molecule has 94 valence electrons. The van der Waals surface area contributed by atoms with Gasteiger partial charge in [0.25, 0.3) is 0 Å². The first-order chi connectivity index (χ1) is 8.09. The van der Waals surface area contributed by atoms with E-state index >= 15 is 0 Å². The van der Waals surface area contributed by atoms with Gasteiger partial charge >= 0.3 is 0 Å². The molecular formula is C13H18FNO2. The van der Waals surface area contributed by atoms with Crippen molar-refractivity contribution in [1.29, 1.82) is 0 Å². The molecule has 4 heteroatoms. The SMILES string of the molecule is CC(O)c1cccc(F)c1N1CCC(O)CC1. The number of para-hydroxylation sites is 1. The van der Waals surface area contributed by atoms with Gasteiger partial charge in [-0.25, -0.2) is 4.39 Å². The van der Waals surface area contributed by atoms with Crippen molar-refractivity contribution < 1.29 is 14.6 Å². The molecule has 0 aromatic heterocycles. The van der Waals surface area contributed by atoms with Crippen molar-refractivity contribution in [3.8, 4) is 0 Å². The Hall–Kier alpha value is -1.13. The van der Waals surface area contributed by atoms with E-state index in [0.29, 0.717) is 37.2 Å². The summed E-state index contributed by atoms with van der Waals surface area (Å²) in [7, 11) is 0. The van der Waals surface area contributed by atoms with Gasteiger partial charge in [-0.15, -0.1) is 0 Å². The maximum atomic E-state index is 13.9. The first-order valence-electron chi connectivity index (χ1n) is 5.99. The second-order valence-electron chi connectivity index (χ2n) is 4.57. The first-order valence-corrected chi connectivity index (χ1v) is 5.99. The molecule has 17 heavy (non-hydrogen) atoms. The lowest BCUT2D eigenvalue weighted by Crippen LogP contribution is -2.37. The van der Waals surface area contributed by atoms with E-state index < -0.39 is 6.10 Å². The lowest BCUT2D eigenvalue weighted by molar-refractivity contribution is 0.145. The van der Waals surface area contributed by atoms with Crippen molar-refractivity contribution in [3.05, 3.63) is 29.6 Å². The highest BCUT2D eigenvalue weighted by Crippen LogP contribution is 2.31. The molecule has 2 rings (SSSR count). The van der Waals surface area contributed by atoms with Crippen molar-refractivity contribution in [3.63, 3.8) is 0 Å². The van der Waals surface area contributed by atoms with Gasteiger partial charge in [-0.2, -0.15) is 0 Å². The van der Waals surface area contributed by atoms with E-state index in [-0.39, 0.29) is 11.9 Å². The summed E-state index contributed by atoms with van der Waals surface area (Å²) in [6.45, 7) is 2.89. The Kier molecular flexibility index (Phi) is 3.64. The van der Waals surface area contributed by atoms with E-state index in [2.05, 4.69) is 0 Å². The predicted octanol–water partition coefficient (Wildman–Crippen LogP) is 1.84. The number of rotatable bonds is 2. The van der Waals surface area contributed by atoms with Gasteiger partial charge in [0.2, 0.25) is 0 Å². The summed E-state index contributed by atoms with van der Waals surface area (Å²) in [5.74, 6) is -0.306. The molecule has 0 bridgehead atoms. The molecule has 1 atom stereocenters. The fourth-order valence-electron chi connectivity index (χ4n) is 2.29. The van der Waals surface area contributed by atoms with E-state index in [4.69, 9.17) is 0 Å². The monoisotopic (exact) mass is 239 g/mol. The maximum absolute atomic E-state index is 13.9. The molecule has 1 aliphatic heterocycles. The third kappa shape index (κ3) is 2.58. The molecule has 1 heterocycles. The normalized spacial score (nSPS) is 19.4. The highest BCUT2D eigenvalue weighted by molar-refractivity contribution is 5.56. The molecule has 0 aliphatic carbocycles. The maximum Gasteiger partial charge on any atom is 0.146 e. The molecule has 0 spiro atoms. The number of nitrogens with zero attached hydrogens (tertiary/aromatic N) is 1. The fraction of sp³-hybridized carbons (Fsp3) is 0.538. The molecule has 1 aromatic rings. The molecule has 3 nitrogen and oxygen atoms in total. The minimum atomic E-state index is -0.687. The Labute approximate surface area is 100 Å². The van der Waals surface area contributed by atoms with Crippen LogP contribution in [-0.4, -0.2) is 29.4 Å². The molecule has 1 aliphatic rings. The highest BCUT2D eigenvalue weighted by Gasteiger charge is 2.23. The Morgan fingerprint density at radius 3 is 2.59 bits per heavy atom. The molecular weight excluding hydrogens is 221 g/mol. The first kappa shape index (κ1) is 12.3. The van der Waals surface area contributed by atoms with Crippen LogP contribution in [-0.2, 0) is 0 Å². The van der Waals surface area contributed by atoms with Gasteiger partial charge in [0.1, 0.15) is 5.82 Å². The topological polar surface area (TPSA) is 43.7 Å². The number of hydrogen-bond donors (Lipinski definition) is 2. The third-order valence-electron chi connectivity index (χ3n) is 3.25. The zero-order valence-electron chi connectivity index (χ0n) is 9.93. The van der Waals surface area contributed by atoms with Crippen LogP contribution in [0.3, 0.4) is 0 Å². The third-order valence-corrected chi connectivity index (χ3v) is 3.25. The van der Waals surface area contributed by atoms with Crippen LogP contribution in [0.15, 0.2) is 18.2 Å². The summed E-state index contributed by atoms with van der Waals surface area (Å²) in [4.78, 5) is 1.91. The van der Waals surface area contributed by atoms with Crippen molar-refractivity contribution >= 4 is 5.69 Å². The number of benzene rings is 1. The van der Waals surface area contributed by atoms with E-state index in [9.17, 15) is 14.6 Å². The zero-order chi connectivity index (χ0) is 12.4. The van der Waals surface area contributed by atoms with Gasteiger partial charge in [0.15, 0.2) is 0 Å². The van der Waals surface area contributed by atoms with Crippen LogP contribution in [0.1, 0.15) is 31.4 Å². The predicted molar refractivity (Wildman–Crippen MR) is 64.5 cm³/mol. The highest BCUT2D eigenvalue weighted by atomic mass is 19.1. The standard InChI is InChI=1S/C13H18FNO2/c1-9(16)11-3-2-4-12(14)13(11)15-7-5-10(17)6-8-15/h2-4,9-10,16-17H,5-8H2,1H3. The largest absolute Gasteiger partial charge is 0.393 e. The minimum Gasteiger partial charge on any atom is -0.393 e. The van der Waals surface area contributed by atoms with Crippen molar-refractivity contribution in [2.24, 2.45) is 0 Å². The summed E-state index contributed by atoms with van der Waals surface area (Å²) < 4.78 is 13.9. The van der Waals surface area contributed by atoms with Crippen LogP contribution in [0.25, 0.3) is 0 Å². The average molecular weight is 239 g/mol. The Balaban J connectivity index is 2.30. The summed E-state index contributed by atoms with van der Waals surface area (Å²) in [5.41, 5.74) is 1.09. The van der Waals surface area contributed by atoms with Crippen LogP contribution >= 0.6 is 0 Å². The van der Waals surface area contributed by atoms with Crippen LogP contribution in [0.5, 0.6) is 0 Å². The van der Waals surface area contributed by atoms with Crippen molar-refractivity contribution in [1.82, 2.24) is 0 Å². The molecule has 0 saturated carbocycles. The van der Waals surface area contributed by atoms with Gasteiger partial charge in [0, 0.05) is 18.7 Å². The summed E-state index contributed by atoms with van der Waals surface area (Å²) in [6.07, 6.45) is 0.321. The van der Waals surface area contributed by atoms with Crippen LogP contribution in [0.2, 0.25) is 0 Å². The zero-order valence-corrected chi connectivity index (χ0v) is 9.93. The Morgan fingerprint density at radius 2 is 2.00 bits per heavy atom. The van der Waals surface area contributed by atoms with Gasteiger partial charge in [0.05, 0.1) is 17.9 Å². The average Bonchev–Trinajstić information content (AvgIpc) is 2.30. The van der Waals surface area contributed by atoms with E-state index in [1.807, 2.05) is 4.90 Å². The lowest BCUT2D eigenvalue weighted by Gasteiger charge is -2.33. The summed E-state index contributed by atoms with van der Waals surface area (Å²) in [6, 6.07) is 4.76. The van der Waals surface area contributed by atoms with E-state index in [1.54, 1.807) is 19.1 Å². The van der Waals surface area contributed by atoms with Crippen molar-refractivity contribution in [2.75, 3.05) is 18.0 Å². The second-order valence-corrected chi connectivity index (χ2v) is 4.57. The number of piperidine rings is 1. The molecule has 1 fully saturated rings. The number of anilines is 1. The van der Waals surface area contributed by atoms with Crippen LogP contribution in [0.4, 0.5) is 10.1 Å². The van der Waals surface area contributed by atoms with Gasteiger partial charge in [-0.3, -0.25) is 0 Å². The summed E-state index contributed by atoms with van der Waals surface area (Å²) in [5, 5.41) is 19.1. The van der Waals surface area contributed by atoms with E-state index in [0.717, 1.165) is 0 Å². The van der Waals surface area contributed by atoms with Crippen molar-refractivity contribution in [2.45, 2.75) is 32.0 Å². The number of halogens is 1. The van der Waals surface area contributed by atoms with Gasteiger partial charge in [-0.05, 0) is 25.8 Å². The Bertz CT molecular complexity index is 387. The fourth-order valence-corrected chi connectivity index (χ4v) is 2.29. The smallest absolute Gasteiger partial charge is 0.146 e. The Morgan fingerprint density at radius 1 is 1.35 bits per heavy atom. The second kappa shape index (κ2) is 5.02. The molecule has 2 N–H and O–H groups in total. The summed E-state index contributed by atoms with van der Waals surface area (Å²) >= 11 is 0. The lowest BCUT2D eigenvalue weighted by atomic mass is 10.0. The number of hydrogen-bond acceptors (Lipinski definition) is 3. The van der Waals surface area contributed by atoms with E-state index in [1.165, 1.54) is 6.07 Å². The minimum absolute atomic E-state index is 0.284. The number of aliphatic hydroxyl groups excluding tert-OH is 2. The molecule has 0 amide bonds. The van der Waals surface area contributed by atoms with Crippen LogP contribution in [0, 0.1) is 5.82 Å². The van der Waals surface area contributed by atoms with Crippen LogP contribution < -0.4 is 4.90 Å². The van der Waals surface area contributed by atoms with Gasteiger partial charge < -0.3 is 15.1 Å². The molecule has 0 radical (unpaired) electrons. The molecule has 1 unspecified atom stereocenters. The van der Waals surface area contributed by atoms with Gasteiger partial charge in [-0.1, -0.05) is 12.1 Å². The molecule has 1 saturated heterocycles. The molecule has 1 aromatic carbocycles. The number of aliphatic hydroxyl groups is 2. The quantitative estimate of drug-likeness (QED) is 0.827.